The predicted molar refractivity (Wildman–Crippen MR) is 68.3 cm³/mol. The lowest BCUT2D eigenvalue weighted by atomic mass is 10.0. The smallest absolute Gasteiger partial charge is 0.294 e. The summed E-state index contributed by atoms with van der Waals surface area (Å²) in [7, 11) is -4.10. The van der Waals surface area contributed by atoms with Crippen LogP contribution in [0.2, 0.25) is 0 Å². The summed E-state index contributed by atoms with van der Waals surface area (Å²) in [6.07, 6.45) is 2.10. The van der Waals surface area contributed by atoms with Crippen molar-refractivity contribution in [1.29, 1.82) is 0 Å². The van der Waals surface area contributed by atoms with Crippen molar-refractivity contribution >= 4 is 15.8 Å². The highest BCUT2D eigenvalue weighted by Crippen LogP contribution is 2.17. The lowest BCUT2D eigenvalue weighted by Crippen LogP contribution is -2.22. The van der Waals surface area contributed by atoms with Gasteiger partial charge in [-0.25, -0.2) is 0 Å². The third-order valence-electron chi connectivity index (χ3n) is 3.09. The number of anilines is 1. The van der Waals surface area contributed by atoms with Crippen LogP contribution in [0.1, 0.15) is 12.8 Å². The maximum absolute atomic E-state index is 10.9. The SMILES string of the molecule is O=S(=O)(O)c1ccc(NCC2CCOCC2)cc1. The summed E-state index contributed by atoms with van der Waals surface area (Å²) in [4.78, 5) is -0.0842. The molecule has 6 heteroatoms. The van der Waals surface area contributed by atoms with Crippen LogP contribution in [0.3, 0.4) is 0 Å². The van der Waals surface area contributed by atoms with E-state index in [-0.39, 0.29) is 4.90 Å². The van der Waals surface area contributed by atoms with E-state index in [9.17, 15) is 8.42 Å². The monoisotopic (exact) mass is 271 g/mol. The van der Waals surface area contributed by atoms with E-state index in [2.05, 4.69) is 5.32 Å². The van der Waals surface area contributed by atoms with Crippen LogP contribution in [0.5, 0.6) is 0 Å². The van der Waals surface area contributed by atoms with Crippen LogP contribution in [0, 0.1) is 5.92 Å². The van der Waals surface area contributed by atoms with Gasteiger partial charge < -0.3 is 10.1 Å². The fourth-order valence-electron chi connectivity index (χ4n) is 1.96. The second-order valence-electron chi connectivity index (χ2n) is 4.44. The topological polar surface area (TPSA) is 75.6 Å². The minimum Gasteiger partial charge on any atom is -0.385 e. The molecule has 0 atom stereocenters. The first-order chi connectivity index (χ1) is 8.55. The van der Waals surface area contributed by atoms with Crippen LogP contribution in [0.25, 0.3) is 0 Å². The molecule has 1 aromatic rings. The summed E-state index contributed by atoms with van der Waals surface area (Å²) in [6, 6.07) is 6.09. The molecule has 0 amide bonds. The van der Waals surface area contributed by atoms with Gasteiger partial charge in [-0.2, -0.15) is 8.42 Å². The minimum atomic E-state index is -4.10. The molecule has 1 aliphatic rings. The van der Waals surface area contributed by atoms with Gasteiger partial charge in [-0.15, -0.1) is 0 Å². The third kappa shape index (κ3) is 3.69. The first kappa shape index (κ1) is 13.3. The normalized spacial score (nSPS) is 17.6. The van der Waals surface area contributed by atoms with E-state index in [4.69, 9.17) is 9.29 Å². The zero-order valence-corrected chi connectivity index (χ0v) is 10.8. The third-order valence-corrected chi connectivity index (χ3v) is 3.96. The van der Waals surface area contributed by atoms with E-state index in [1.54, 1.807) is 12.1 Å². The molecule has 0 saturated carbocycles. The van der Waals surface area contributed by atoms with Crippen LogP contribution >= 0.6 is 0 Å². The summed E-state index contributed by atoms with van der Waals surface area (Å²) in [5.74, 6) is 0.597. The zero-order chi connectivity index (χ0) is 13.0. The summed E-state index contributed by atoms with van der Waals surface area (Å²) < 4.78 is 35.9. The van der Waals surface area contributed by atoms with E-state index in [1.165, 1.54) is 12.1 Å². The van der Waals surface area contributed by atoms with Gasteiger partial charge in [-0.05, 0) is 43.0 Å². The van der Waals surface area contributed by atoms with Crippen molar-refractivity contribution < 1.29 is 17.7 Å². The molecule has 2 N–H and O–H groups in total. The number of benzene rings is 1. The van der Waals surface area contributed by atoms with E-state index >= 15 is 0 Å². The van der Waals surface area contributed by atoms with Gasteiger partial charge in [0.25, 0.3) is 10.1 Å². The fraction of sp³-hybridized carbons (Fsp3) is 0.500. The number of hydrogen-bond acceptors (Lipinski definition) is 4. The Morgan fingerprint density at radius 1 is 1.22 bits per heavy atom. The standard InChI is InChI=1S/C12H17NO4S/c14-18(15,16)12-3-1-11(2-4-12)13-9-10-5-7-17-8-6-10/h1-4,10,13H,5-9H2,(H,14,15,16). The Morgan fingerprint density at radius 2 is 1.83 bits per heavy atom. The fourth-order valence-corrected chi connectivity index (χ4v) is 2.44. The molecule has 0 unspecified atom stereocenters. The molecule has 1 fully saturated rings. The molecule has 18 heavy (non-hydrogen) atoms. The van der Waals surface area contributed by atoms with Crippen LogP contribution < -0.4 is 5.32 Å². The quantitative estimate of drug-likeness (QED) is 0.816. The molecule has 100 valence electrons. The lowest BCUT2D eigenvalue weighted by molar-refractivity contribution is 0.0699. The summed E-state index contributed by atoms with van der Waals surface area (Å²) in [5, 5.41) is 3.26. The molecule has 1 heterocycles. The molecule has 1 saturated heterocycles. The van der Waals surface area contributed by atoms with Gasteiger partial charge in [-0.3, -0.25) is 4.55 Å². The Bertz CT molecular complexity index is 477. The van der Waals surface area contributed by atoms with E-state index in [1.807, 2.05) is 0 Å². The van der Waals surface area contributed by atoms with Gasteiger partial charge in [0.2, 0.25) is 0 Å². The Balaban J connectivity index is 1.90. The van der Waals surface area contributed by atoms with E-state index in [0.717, 1.165) is 38.3 Å². The van der Waals surface area contributed by atoms with E-state index < -0.39 is 10.1 Å². The Hall–Kier alpha value is -1.11. The van der Waals surface area contributed by atoms with Crippen LogP contribution in [-0.2, 0) is 14.9 Å². The van der Waals surface area contributed by atoms with Crippen molar-refractivity contribution in [2.75, 3.05) is 25.1 Å². The van der Waals surface area contributed by atoms with E-state index in [0.29, 0.717) is 5.92 Å². The van der Waals surface area contributed by atoms with Crippen molar-refractivity contribution in [3.05, 3.63) is 24.3 Å². The molecule has 0 bridgehead atoms. The Labute approximate surface area is 107 Å². The number of hydrogen-bond donors (Lipinski definition) is 2. The average molecular weight is 271 g/mol. The lowest BCUT2D eigenvalue weighted by Gasteiger charge is -2.22. The van der Waals surface area contributed by atoms with Gasteiger partial charge in [0.05, 0.1) is 4.90 Å². The molecule has 1 aliphatic heterocycles. The van der Waals surface area contributed by atoms with Gasteiger partial charge in [0.1, 0.15) is 0 Å². The Kier molecular flexibility index (Phi) is 4.21. The first-order valence-corrected chi connectivity index (χ1v) is 7.39. The highest BCUT2D eigenvalue weighted by molar-refractivity contribution is 7.85. The maximum Gasteiger partial charge on any atom is 0.294 e. The second kappa shape index (κ2) is 5.69. The molecule has 0 aromatic heterocycles. The van der Waals surface area contributed by atoms with Crippen LogP contribution in [0.15, 0.2) is 29.2 Å². The zero-order valence-electron chi connectivity index (χ0n) is 10.0. The first-order valence-electron chi connectivity index (χ1n) is 5.95. The average Bonchev–Trinajstić information content (AvgIpc) is 2.37. The largest absolute Gasteiger partial charge is 0.385 e. The van der Waals surface area contributed by atoms with Crippen LogP contribution in [0.4, 0.5) is 5.69 Å². The second-order valence-corrected chi connectivity index (χ2v) is 5.86. The van der Waals surface area contributed by atoms with Crippen molar-refractivity contribution in [2.45, 2.75) is 17.7 Å². The molecule has 1 aromatic carbocycles. The molecule has 2 rings (SSSR count). The van der Waals surface area contributed by atoms with Crippen molar-refractivity contribution in [3.63, 3.8) is 0 Å². The van der Waals surface area contributed by atoms with Gasteiger partial charge in [0, 0.05) is 25.4 Å². The van der Waals surface area contributed by atoms with Gasteiger partial charge in [-0.1, -0.05) is 0 Å². The molecule has 0 aliphatic carbocycles. The molecule has 0 spiro atoms. The molecule has 0 radical (unpaired) electrons. The number of nitrogens with one attached hydrogen (secondary N) is 1. The van der Waals surface area contributed by atoms with Crippen molar-refractivity contribution in [3.8, 4) is 0 Å². The minimum absolute atomic E-state index is 0.0842. The number of rotatable bonds is 4. The Morgan fingerprint density at radius 3 is 2.39 bits per heavy atom. The predicted octanol–water partition coefficient (Wildman–Crippen LogP) is 1.77. The molecule has 5 nitrogen and oxygen atoms in total. The van der Waals surface area contributed by atoms with Gasteiger partial charge >= 0.3 is 0 Å². The van der Waals surface area contributed by atoms with Crippen LogP contribution in [-0.4, -0.2) is 32.7 Å². The summed E-state index contributed by atoms with van der Waals surface area (Å²) in [5.41, 5.74) is 0.855. The maximum atomic E-state index is 10.9. The van der Waals surface area contributed by atoms with Crippen molar-refractivity contribution in [1.82, 2.24) is 0 Å². The van der Waals surface area contributed by atoms with Gasteiger partial charge in [0.15, 0.2) is 0 Å². The number of ether oxygens (including phenoxy) is 1. The summed E-state index contributed by atoms with van der Waals surface area (Å²) >= 11 is 0. The summed E-state index contributed by atoms with van der Waals surface area (Å²) in [6.45, 7) is 2.48. The van der Waals surface area contributed by atoms with Crippen molar-refractivity contribution in [2.24, 2.45) is 5.92 Å². The molecular formula is C12H17NO4S. The molecular weight excluding hydrogens is 254 g/mol. The highest BCUT2D eigenvalue weighted by Gasteiger charge is 2.13. The highest BCUT2D eigenvalue weighted by atomic mass is 32.2.